The van der Waals surface area contributed by atoms with Crippen LogP contribution in [0.3, 0.4) is 0 Å². The van der Waals surface area contributed by atoms with Crippen LogP contribution in [-0.2, 0) is 16.0 Å². The normalized spacial score (nSPS) is 9.94. The Labute approximate surface area is 103 Å². The zero-order chi connectivity index (χ0) is 12.1. The van der Waals surface area contributed by atoms with Gasteiger partial charge in [0, 0.05) is 10.9 Å². The highest BCUT2D eigenvalue weighted by molar-refractivity contribution is 9.10. The first-order valence-corrected chi connectivity index (χ1v) is 5.79. The molecule has 0 aliphatic heterocycles. The van der Waals surface area contributed by atoms with E-state index < -0.39 is 0 Å². The molecule has 0 bridgehead atoms. The molecule has 86 valence electrons. The van der Waals surface area contributed by atoms with E-state index in [2.05, 4.69) is 15.9 Å². The highest BCUT2D eigenvalue weighted by Crippen LogP contribution is 2.19. The van der Waals surface area contributed by atoms with Crippen molar-refractivity contribution in [3.05, 3.63) is 33.8 Å². The number of carbonyl (C=O) groups excluding carboxylic acids is 2. The molecule has 0 spiro atoms. The van der Waals surface area contributed by atoms with Gasteiger partial charge in [-0.05, 0) is 47.5 Å². The average Bonchev–Trinajstić information content (AvgIpc) is 2.20. The quantitative estimate of drug-likeness (QED) is 0.799. The van der Waals surface area contributed by atoms with Gasteiger partial charge >= 0.3 is 5.97 Å². The number of benzene rings is 1. The van der Waals surface area contributed by atoms with E-state index >= 15 is 0 Å². The molecular formula is C12H13BrO3. The van der Waals surface area contributed by atoms with Crippen LogP contribution in [0.4, 0.5) is 0 Å². The summed E-state index contributed by atoms with van der Waals surface area (Å²) < 4.78 is 5.59. The van der Waals surface area contributed by atoms with Gasteiger partial charge in [-0.3, -0.25) is 4.79 Å². The Kier molecular flexibility index (Phi) is 4.68. The monoisotopic (exact) mass is 284 g/mol. The number of rotatable bonds is 4. The SMILES string of the molecule is CCOC(=O)c1cc(CC(C)=O)ccc1Br. The maximum atomic E-state index is 11.6. The van der Waals surface area contributed by atoms with E-state index in [0.717, 1.165) is 5.56 Å². The third kappa shape index (κ3) is 3.45. The molecule has 0 unspecified atom stereocenters. The van der Waals surface area contributed by atoms with Crippen molar-refractivity contribution < 1.29 is 14.3 Å². The molecule has 0 saturated heterocycles. The molecule has 0 fully saturated rings. The standard InChI is InChI=1S/C12H13BrO3/c1-3-16-12(15)10-7-9(6-8(2)14)4-5-11(10)13/h4-5,7H,3,6H2,1-2H3. The highest BCUT2D eigenvalue weighted by atomic mass is 79.9. The van der Waals surface area contributed by atoms with E-state index in [-0.39, 0.29) is 11.8 Å². The Morgan fingerprint density at radius 1 is 1.38 bits per heavy atom. The second-order valence-corrected chi connectivity index (χ2v) is 4.27. The van der Waals surface area contributed by atoms with E-state index in [0.29, 0.717) is 23.1 Å². The van der Waals surface area contributed by atoms with Crippen LogP contribution >= 0.6 is 15.9 Å². The summed E-state index contributed by atoms with van der Waals surface area (Å²) >= 11 is 3.28. The number of esters is 1. The molecule has 1 aromatic rings. The first-order chi connectivity index (χ1) is 7.54. The average molecular weight is 285 g/mol. The van der Waals surface area contributed by atoms with Gasteiger partial charge in [0.25, 0.3) is 0 Å². The molecule has 0 aliphatic carbocycles. The lowest BCUT2D eigenvalue weighted by molar-refractivity contribution is -0.116. The number of halogens is 1. The van der Waals surface area contributed by atoms with Gasteiger partial charge < -0.3 is 4.74 Å². The van der Waals surface area contributed by atoms with Crippen LogP contribution in [-0.4, -0.2) is 18.4 Å². The van der Waals surface area contributed by atoms with Crippen LogP contribution in [0.15, 0.2) is 22.7 Å². The predicted molar refractivity (Wildman–Crippen MR) is 64.5 cm³/mol. The van der Waals surface area contributed by atoms with Crippen LogP contribution in [0.2, 0.25) is 0 Å². The van der Waals surface area contributed by atoms with Crippen LogP contribution in [0.5, 0.6) is 0 Å². The van der Waals surface area contributed by atoms with Crippen LogP contribution in [0.25, 0.3) is 0 Å². The minimum atomic E-state index is -0.375. The molecule has 0 radical (unpaired) electrons. The van der Waals surface area contributed by atoms with Crippen molar-refractivity contribution in [2.24, 2.45) is 0 Å². The van der Waals surface area contributed by atoms with Gasteiger partial charge in [-0.25, -0.2) is 4.79 Å². The van der Waals surface area contributed by atoms with Gasteiger partial charge in [0.05, 0.1) is 12.2 Å². The van der Waals surface area contributed by atoms with Gasteiger partial charge in [-0.15, -0.1) is 0 Å². The minimum Gasteiger partial charge on any atom is -0.462 e. The summed E-state index contributed by atoms with van der Waals surface area (Å²) in [5.74, 6) is -0.308. The second-order valence-electron chi connectivity index (χ2n) is 3.41. The molecule has 0 amide bonds. The van der Waals surface area contributed by atoms with Gasteiger partial charge in [-0.2, -0.15) is 0 Å². The summed E-state index contributed by atoms with van der Waals surface area (Å²) in [5, 5.41) is 0. The first-order valence-electron chi connectivity index (χ1n) is 4.99. The zero-order valence-corrected chi connectivity index (χ0v) is 10.8. The molecule has 16 heavy (non-hydrogen) atoms. The van der Waals surface area contributed by atoms with Gasteiger partial charge in [0.2, 0.25) is 0 Å². The summed E-state index contributed by atoms with van der Waals surface area (Å²) in [7, 11) is 0. The second kappa shape index (κ2) is 5.80. The molecule has 0 saturated carbocycles. The van der Waals surface area contributed by atoms with Crippen molar-refractivity contribution in [2.45, 2.75) is 20.3 Å². The van der Waals surface area contributed by atoms with E-state index in [1.54, 1.807) is 19.1 Å². The third-order valence-electron chi connectivity index (χ3n) is 1.98. The summed E-state index contributed by atoms with van der Waals surface area (Å²) in [6, 6.07) is 5.25. The van der Waals surface area contributed by atoms with E-state index in [1.807, 2.05) is 6.07 Å². The fraction of sp³-hybridized carbons (Fsp3) is 0.333. The Bertz CT molecular complexity index is 413. The highest BCUT2D eigenvalue weighted by Gasteiger charge is 2.12. The summed E-state index contributed by atoms with van der Waals surface area (Å²) in [6.07, 6.45) is 0.333. The van der Waals surface area contributed by atoms with Crippen LogP contribution in [0.1, 0.15) is 29.8 Å². The topological polar surface area (TPSA) is 43.4 Å². The van der Waals surface area contributed by atoms with E-state index in [4.69, 9.17) is 4.74 Å². The lowest BCUT2D eigenvalue weighted by Gasteiger charge is -2.06. The molecular weight excluding hydrogens is 272 g/mol. The third-order valence-corrected chi connectivity index (χ3v) is 2.67. The van der Waals surface area contributed by atoms with E-state index in [1.165, 1.54) is 6.92 Å². The Hall–Kier alpha value is -1.16. The zero-order valence-electron chi connectivity index (χ0n) is 9.25. The predicted octanol–water partition coefficient (Wildman–Crippen LogP) is 2.76. The van der Waals surface area contributed by atoms with Gasteiger partial charge in [0.15, 0.2) is 0 Å². The van der Waals surface area contributed by atoms with Crippen molar-refractivity contribution in [2.75, 3.05) is 6.61 Å². The molecule has 0 N–H and O–H groups in total. The molecule has 1 rings (SSSR count). The molecule has 0 atom stereocenters. The van der Waals surface area contributed by atoms with Crippen molar-refractivity contribution in [1.82, 2.24) is 0 Å². The number of Topliss-reactive ketones (excluding diaryl/α,β-unsaturated/α-hetero) is 1. The molecule has 0 aliphatic rings. The molecule has 4 heteroatoms. The Morgan fingerprint density at radius 3 is 2.62 bits per heavy atom. The Balaban J connectivity index is 2.98. The molecule has 0 aromatic heterocycles. The first kappa shape index (κ1) is 12.9. The fourth-order valence-corrected chi connectivity index (χ4v) is 1.74. The maximum Gasteiger partial charge on any atom is 0.339 e. The lowest BCUT2D eigenvalue weighted by Crippen LogP contribution is -2.07. The number of hydrogen-bond acceptors (Lipinski definition) is 3. The Morgan fingerprint density at radius 2 is 2.06 bits per heavy atom. The van der Waals surface area contributed by atoms with Gasteiger partial charge in [0.1, 0.15) is 5.78 Å². The fourth-order valence-electron chi connectivity index (χ4n) is 1.34. The van der Waals surface area contributed by atoms with Gasteiger partial charge in [-0.1, -0.05) is 6.07 Å². The van der Waals surface area contributed by atoms with Crippen molar-refractivity contribution in [3.8, 4) is 0 Å². The molecule has 1 aromatic carbocycles. The number of hydrogen-bond donors (Lipinski definition) is 0. The summed E-state index contributed by atoms with van der Waals surface area (Å²) in [5.41, 5.74) is 1.28. The van der Waals surface area contributed by atoms with Crippen molar-refractivity contribution in [1.29, 1.82) is 0 Å². The summed E-state index contributed by atoms with van der Waals surface area (Å²) in [6.45, 7) is 3.61. The number of ketones is 1. The smallest absolute Gasteiger partial charge is 0.339 e. The number of ether oxygens (including phenoxy) is 1. The molecule has 0 heterocycles. The largest absolute Gasteiger partial charge is 0.462 e. The number of carbonyl (C=O) groups is 2. The van der Waals surface area contributed by atoms with E-state index in [9.17, 15) is 9.59 Å². The minimum absolute atomic E-state index is 0.0668. The molecule has 3 nitrogen and oxygen atoms in total. The summed E-state index contributed by atoms with van der Waals surface area (Å²) in [4.78, 5) is 22.5. The van der Waals surface area contributed by atoms with Crippen LogP contribution in [0, 0.1) is 0 Å². The lowest BCUT2D eigenvalue weighted by atomic mass is 10.1. The van der Waals surface area contributed by atoms with Crippen LogP contribution < -0.4 is 0 Å². The van der Waals surface area contributed by atoms with Crippen molar-refractivity contribution >= 4 is 27.7 Å². The maximum absolute atomic E-state index is 11.6. The van der Waals surface area contributed by atoms with Crippen molar-refractivity contribution in [3.63, 3.8) is 0 Å².